The second-order valence-corrected chi connectivity index (χ2v) is 9.10. The van der Waals surface area contributed by atoms with Gasteiger partial charge in [-0.2, -0.15) is 0 Å². The molecule has 36 heavy (non-hydrogen) atoms. The quantitative estimate of drug-likeness (QED) is 0.309. The number of nitrogens with one attached hydrogen (secondary N) is 2. The highest BCUT2D eigenvalue weighted by molar-refractivity contribution is 6.35. The van der Waals surface area contributed by atoms with Crippen molar-refractivity contribution in [1.29, 1.82) is 0 Å². The SMILES string of the molecule is O=C(Cc1ccc(C(=O)c2c[nH]c3ncnc(NC4CCC(CO)OC4)c23)c(Cl)c1)c1cccnc1. The molecule has 1 aliphatic rings. The number of aliphatic hydroxyl groups is 1. The van der Waals surface area contributed by atoms with Gasteiger partial charge < -0.3 is 20.1 Å². The van der Waals surface area contributed by atoms with Gasteiger partial charge in [0.05, 0.1) is 41.3 Å². The van der Waals surface area contributed by atoms with E-state index in [1.807, 2.05) is 0 Å². The molecule has 5 rings (SSSR count). The number of aromatic nitrogens is 4. The molecule has 184 valence electrons. The van der Waals surface area contributed by atoms with Crippen LogP contribution in [0.2, 0.25) is 5.02 Å². The van der Waals surface area contributed by atoms with Crippen LogP contribution in [0, 0.1) is 0 Å². The van der Waals surface area contributed by atoms with Gasteiger partial charge in [-0.05, 0) is 42.7 Å². The summed E-state index contributed by atoms with van der Waals surface area (Å²) < 4.78 is 5.66. The number of fused-ring (bicyclic) bond motifs is 1. The van der Waals surface area contributed by atoms with Gasteiger partial charge in [-0.1, -0.05) is 17.7 Å². The van der Waals surface area contributed by atoms with E-state index >= 15 is 0 Å². The molecule has 0 amide bonds. The number of ketones is 2. The first kappa shape index (κ1) is 24.1. The molecule has 0 aliphatic carbocycles. The third-order valence-electron chi connectivity index (χ3n) is 6.26. The number of hydrogen-bond donors (Lipinski definition) is 3. The number of carbonyl (C=O) groups excluding carboxylic acids is 2. The number of ether oxygens (including phenoxy) is 1. The Morgan fingerprint density at radius 2 is 2.08 bits per heavy atom. The van der Waals surface area contributed by atoms with E-state index in [0.717, 1.165) is 12.8 Å². The van der Waals surface area contributed by atoms with E-state index < -0.39 is 0 Å². The van der Waals surface area contributed by atoms with E-state index in [1.54, 1.807) is 42.7 Å². The zero-order valence-electron chi connectivity index (χ0n) is 19.3. The van der Waals surface area contributed by atoms with Crippen molar-refractivity contribution in [2.75, 3.05) is 18.5 Å². The minimum Gasteiger partial charge on any atom is -0.394 e. The Morgan fingerprint density at radius 1 is 1.19 bits per heavy atom. The van der Waals surface area contributed by atoms with E-state index in [9.17, 15) is 14.7 Å². The Bertz CT molecular complexity index is 1400. The molecule has 10 heteroatoms. The van der Waals surface area contributed by atoms with E-state index in [-0.39, 0.29) is 41.8 Å². The lowest BCUT2D eigenvalue weighted by Crippen LogP contribution is -2.36. The molecule has 1 fully saturated rings. The number of anilines is 1. The molecule has 2 unspecified atom stereocenters. The summed E-state index contributed by atoms with van der Waals surface area (Å²) in [4.78, 5) is 41.7. The first-order valence-electron chi connectivity index (χ1n) is 11.6. The van der Waals surface area contributed by atoms with Gasteiger partial charge in [0, 0.05) is 36.1 Å². The molecular weight excluding hydrogens is 482 g/mol. The molecule has 1 saturated heterocycles. The number of carbonyl (C=O) groups is 2. The zero-order valence-corrected chi connectivity index (χ0v) is 20.0. The monoisotopic (exact) mass is 505 g/mol. The molecule has 0 saturated carbocycles. The Balaban J connectivity index is 1.38. The van der Waals surface area contributed by atoms with Crippen LogP contribution in [0.15, 0.2) is 55.2 Å². The normalized spacial score (nSPS) is 17.7. The molecule has 1 aliphatic heterocycles. The number of hydrogen-bond acceptors (Lipinski definition) is 8. The molecule has 3 aromatic heterocycles. The summed E-state index contributed by atoms with van der Waals surface area (Å²) in [6.45, 7) is 0.424. The number of benzene rings is 1. The predicted molar refractivity (Wildman–Crippen MR) is 135 cm³/mol. The van der Waals surface area contributed by atoms with Crippen molar-refractivity contribution in [2.45, 2.75) is 31.4 Å². The number of aliphatic hydroxyl groups excluding tert-OH is 1. The van der Waals surface area contributed by atoms with Crippen LogP contribution in [-0.4, -0.2) is 62.0 Å². The van der Waals surface area contributed by atoms with Gasteiger partial charge in [0.2, 0.25) is 0 Å². The number of halogens is 1. The summed E-state index contributed by atoms with van der Waals surface area (Å²) in [7, 11) is 0. The standard InChI is InChI=1S/C26H24ClN5O4/c27-21-8-15(9-22(34)16-2-1-7-28-10-16)3-6-19(21)24(35)20-11-29-25-23(20)26(31-14-30-25)32-17-4-5-18(12-33)36-13-17/h1-3,6-8,10-11,14,17-18,33H,4-5,9,12-13H2,(H2,29,30,31,32). The van der Waals surface area contributed by atoms with Crippen molar-refractivity contribution in [3.05, 3.63) is 82.5 Å². The average Bonchev–Trinajstić information content (AvgIpc) is 3.35. The number of Topliss-reactive ketones (excluding diaryl/α,β-unsaturated/α-hetero) is 1. The first-order chi connectivity index (χ1) is 17.5. The second kappa shape index (κ2) is 10.5. The van der Waals surface area contributed by atoms with Crippen molar-refractivity contribution in [1.82, 2.24) is 19.9 Å². The lowest BCUT2D eigenvalue weighted by atomic mass is 9.99. The lowest BCUT2D eigenvalue weighted by molar-refractivity contribution is -0.0224. The largest absolute Gasteiger partial charge is 0.394 e. The summed E-state index contributed by atoms with van der Waals surface area (Å²) in [5.41, 5.74) is 2.45. The fraction of sp³-hybridized carbons (Fsp3) is 0.269. The van der Waals surface area contributed by atoms with Gasteiger partial charge >= 0.3 is 0 Å². The number of rotatable bonds is 8. The van der Waals surface area contributed by atoms with Crippen LogP contribution < -0.4 is 5.32 Å². The summed E-state index contributed by atoms with van der Waals surface area (Å²) >= 11 is 6.51. The molecular formula is C26H24ClN5O4. The molecule has 3 N–H and O–H groups in total. The molecule has 1 aromatic carbocycles. The van der Waals surface area contributed by atoms with Gasteiger partial charge in [-0.25, -0.2) is 9.97 Å². The van der Waals surface area contributed by atoms with E-state index in [4.69, 9.17) is 16.3 Å². The minimum atomic E-state index is -0.283. The Kier molecular flexibility index (Phi) is 7.04. The highest BCUT2D eigenvalue weighted by Crippen LogP contribution is 2.30. The topological polar surface area (TPSA) is 130 Å². The van der Waals surface area contributed by atoms with Gasteiger partial charge in [-0.3, -0.25) is 14.6 Å². The summed E-state index contributed by atoms with van der Waals surface area (Å²) in [6, 6.07) is 8.42. The number of H-pyrrole nitrogens is 1. The smallest absolute Gasteiger partial charge is 0.196 e. The van der Waals surface area contributed by atoms with Gasteiger partial charge in [0.15, 0.2) is 11.6 Å². The number of aromatic amines is 1. The van der Waals surface area contributed by atoms with Gasteiger partial charge in [0.25, 0.3) is 0 Å². The van der Waals surface area contributed by atoms with Crippen molar-refractivity contribution >= 4 is 40.0 Å². The van der Waals surface area contributed by atoms with E-state index in [2.05, 4.69) is 25.3 Å². The van der Waals surface area contributed by atoms with Crippen molar-refractivity contribution in [2.24, 2.45) is 0 Å². The first-order valence-corrected chi connectivity index (χ1v) is 12.0. The van der Waals surface area contributed by atoms with Crippen molar-refractivity contribution < 1.29 is 19.4 Å². The second-order valence-electron chi connectivity index (χ2n) is 8.69. The minimum absolute atomic E-state index is 0.00188. The molecule has 2 atom stereocenters. The fourth-order valence-electron chi connectivity index (χ4n) is 4.32. The highest BCUT2D eigenvalue weighted by Gasteiger charge is 2.25. The van der Waals surface area contributed by atoms with Crippen LogP contribution in [0.1, 0.15) is 44.7 Å². The van der Waals surface area contributed by atoms with Crippen molar-refractivity contribution in [3.8, 4) is 0 Å². The number of pyridine rings is 1. The lowest BCUT2D eigenvalue weighted by Gasteiger charge is -2.29. The number of nitrogens with zero attached hydrogens (tertiary/aromatic N) is 3. The van der Waals surface area contributed by atoms with Crippen LogP contribution in [-0.2, 0) is 11.2 Å². The Labute approximate surface area is 211 Å². The van der Waals surface area contributed by atoms with E-state index in [1.165, 1.54) is 12.5 Å². The maximum absolute atomic E-state index is 13.5. The van der Waals surface area contributed by atoms with Crippen LogP contribution in [0.25, 0.3) is 11.0 Å². The van der Waals surface area contributed by atoms with E-state index in [0.29, 0.717) is 45.7 Å². The maximum atomic E-state index is 13.5. The average molecular weight is 506 g/mol. The third kappa shape index (κ3) is 4.99. The Morgan fingerprint density at radius 3 is 2.81 bits per heavy atom. The third-order valence-corrected chi connectivity index (χ3v) is 6.57. The molecule has 0 bridgehead atoms. The summed E-state index contributed by atoms with van der Waals surface area (Å²) in [6.07, 6.45) is 7.69. The van der Waals surface area contributed by atoms with Gasteiger partial charge in [0.1, 0.15) is 17.8 Å². The van der Waals surface area contributed by atoms with Crippen LogP contribution >= 0.6 is 11.6 Å². The molecule has 4 heterocycles. The van der Waals surface area contributed by atoms with Gasteiger partial charge in [-0.15, -0.1) is 0 Å². The Hall–Kier alpha value is -3.66. The molecule has 4 aromatic rings. The van der Waals surface area contributed by atoms with Crippen LogP contribution in [0.4, 0.5) is 5.82 Å². The molecule has 0 spiro atoms. The summed E-state index contributed by atoms with van der Waals surface area (Å²) in [5, 5.41) is 13.5. The highest BCUT2D eigenvalue weighted by atomic mass is 35.5. The zero-order chi connectivity index (χ0) is 25.1. The summed E-state index contributed by atoms with van der Waals surface area (Å²) in [5.74, 6) is 0.157. The predicted octanol–water partition coefficient (Wildman–Crippen LogP) is 3.61. The fourth-order valence-corrected chi connectivity index (χ4v) is 4.61. The van der Waals surface area contributed by atoms with Crippen molar-refractivity contribution in [3.63, 3.8) is 0 Å². The molecule has 9 nitrogen and oxygen atoms in total. The maximum Gasteiger partial charge on any atom is 0.196 e. The van der Waals surface area contributed by atoms with Crippen LogP contribution in [0.5, 0.6) is 0 Å². The molecule has 0 radical (unpaired) electrons. The van der Waals surface area contributed by atoms with Crippen LogP contribution in [0.3, 0.4) is 0 Å².